The maximum Gasteiger partial charge on any atom is 0.289 e. The molecular weight excluding hydrogens is 699 g/mol. The minimum Gasteiger partial charge on any atom is -0.352 e. The van der Waals surface area contributed by atoms with Crippen LogP contribution in [-0.2, 0) is 24.0 Å². The lowest BCUT2D eigenvalue weighted by Crippen LogP contribution is -2.54. The average Bonchev–Trinajstić information content (AvgIpc) is 4.01. The Kier molecular flexibility index (Phi) is 19.5. The summed E-state index contributed by atoms with van der Waals surface area (Å²) < 4.78 is 0. The zero-order valence-electron chi connectivity index (χ0n) is 33.4. The van der Waals surface area contributed by atoms with Gasteiger partial charge in [0.15, 0.2) is 0 Å². The van der Waals surface area contributed by atoms with Crippen LogP contribution < -0.4 is 26.6 Å². The van der Waals surface area contributed by atoms with Crippen molar-refractivity contribution >= 4 is 35.8 Å². The normalized spacial score (nSPS) is 20.4. The Bertz CT molecular complexity index is 1500. The van der Waals surface area contributed by atoms with Gasteiger partial charge in [-0.15, -0.1) is 0 Å². The van der Waals surface area contributed by atoms with Gasteiger partial charge in [-0.1, -0.05) is 90.6 Å². The maximum absolute atomic E-state index is 13.1. The third kappa shape index (κ3) is 16.3. The molecule has 3 aliphatic carbocycles. The summed E-state index contributed by atoms with van der Waals surface area (Å²) in [5.41, 5.74) is 1.53. The Labute approximate surface area is 326 Å². The zero-order chi connectivity index (χ0) is 40.2. The van der Waals surface area contributed by atoms with Gasteiger partial charge in [0.2, 0.25) is 24.0 Å². The molecule has 5 atom stereocenters. The first kappa shape index (κ1) is 44.7. The monoisotopic (exact) mass is 761 g/mol. The number of aromatic nitrogens is 2. The summed E-state index contributed by atoms with van der Waals surface area (Å²) in [7, 11) is 0. The Balaban J connectivity index is 0.000000354. The van der Waals surface area contributed by atoms with Crippen molar-refractivity contribution in [3.8, 4) is 0 Å². The van der Waals surface area contributed by atoms with Crippen LogP contribution in [0.3, 0.4) is 0 Å². The van der Waals surface area contributed by atoms with Crippen LogP contribution in [0.15, 0.2) is 48.9 Å². The predicted octanol–water partition coefficient (Wildman–Crippen LogP) is 4.77. The number of carbonyl (C=O) groups is 6. The van der Waals surface area contributed by atoms with Crippen LogP contribution in [-0.4, -0.2) is 76.5 Å². The lowest BCUT2D eigenvalue weighted by molar-refractivity contribution is -0.139. The maximum atomic E-state index is 13.1. The van der Waals surface area contributed by atoms with Gasteiger partial charge in [0.05, 0.1) is 18.8 Å². The molecule has 3 saturated carbocycles. The van der Waals surface area contributed by atoms with Crippen molar-refractivity contribution in [3.05, 3.63) is 60.2 Å². The highest BCUT2D eigenvalue weighted by molar-refractivity contribution is 6.38. The second kappa shape index (κ2) is 24.0. The van der Waals surface area contributed by atoms with Crippen molar-refractivity contribution in [2.24, 2.45) is 17.8 Å². The van der Waals surface area contributed by atoms with Crippen molar-refractivity contribution in [1.29, 1.82) is 0 Å². The molecule has 13 nitrogen and oxygen atoms in total. The number of Topliss-reactive ketones (excluding diaryl/α,β-unsaturated/α-hetero) is 1. The Morgan fingerprint density at radius 2 is 1.58 bits per heavy atom. The lowest BCUT2D eigenvalue weighted by atomic mass is 9.76. The molecule has 3 aliphatic rings. The second-order valence-corrected chi connectivity index (χ2v) is 15.7. The highest BCUT2D eigenvalue weighted by Gasteiger charge is 2.33. The van der Waals surface area contributed by atoms with E-state index in [1.54, 1.807) is 0 Å². The Morgan fingerprint density at radius 3 is 2.16 bits per heavy atom. The van der Waals surface area contributed by atoms with Crippen LogP contribution >= 0.6 is 0 Å². The molecule has 302 valence electrons. The first-order valence-electron chi connectivity index (χ1n) is 20.2. The van der Waals surface area contributed by atoms with E-state index in [1.165, 1.54) is 24.2 Å². The van der Waals surface area contributed by atoms with Crippen LogP contribution in [0, 0.1) is 17.8 Å². The summed E-state index contributed by atoms with van der Waals surface area (Å²) in [5, 5.41) is 13.7. The van der Waals surface area contributed by atoms with E-state index in [2.05, 4.69) is 88.5 Å². The number of ketones is 1. The number of hydrogen-bond donors (Lipinski definition) is 5. The van der Waals surface area contributed by atoms with Crippen molar-refractivity contribution in [2.75, 3.05) is 6.54 Å². The van der Waals surface area contributed by atoms with Gasteiger partial charge in [0.1, 0.15) is 11.7 Å². The van der Waals surface area contributed by atoms with E-state index in [1.807, 2.05) is 13.0 Å². The van der Waals surface area contributed by atoms with Crippen molar-refractivity contribution in [3.63, 3.8) is 0 Å². The third-order valence-corrected chi connectivity index (χ3v) is 10.00. The summed E-state index contributed by atoms with van der Waals surface area (Å²) in [5.74, 6) is -0.330. The largest absolute Gasteiger partial charge is 0.352 e. The molecule has 0 saturated heterocycles. The number of amides is 5. The molecule has 0 spiro atoms. The minimum absolute atomic E-state index is 0.0377. The number of nitrogens with one attached hydrogen (secondary N) is 5. The number of nitrogens with zero attached hydrogens (tertiary/aromatic N) is 2. The summed E-state index contributed by atoms with van der Waals surface area (Å²) in [6, 6.07) is 9.43. The Morgan fingerprint density at radius 1 is 0.891 bits per heavy atom. The summed E-state index contributed by atoms with van der Waals surface area (Å²) in [6.07, 6.45) is 15.8. The van der Waals surface area contributed by atoms with Gasteiger partial charge in [0, 0.05) is 24.5 Å². The highest BCUT2D eigenvalue weighted by Crippen LogP contribution is 2.36. The van der Waals surface area contributed by atoms with Gasteiger partial charge < -0.3 is 26.6 Å². The van der Waals surface area contributed by atoms with Gasteiger partial charge in [-0.3, -0.25) is 33.8 Å². The topological polar surface area (TPSA) is 188 Å². The van der Waals surface area contributed by atoms with Crippen molar-refractivity contribution in [2.45, 2.75) is 142 Å². The molecule has 1 aromatic carbocycles. The van der Waals surface area contributed by atoms with Crippen LogP contribution in [0.1, 0.15) is 134 Å². The molecular formula is C42H63N7O6. The van der Waals surface area contributed by atoms with E-state index >= 15 is 0 Å². The van der Waals surface area contributed by atoms with Crippen LogP contribution in [0.2, 0.25) is 0 Å². The molecule has 2 unspecified atom stereocenters. The molecule has 5 amide bonds. The van der Waals surface area contributed by atoms with E-state index in [9.17, 15) is 28.8 Å². The number of hydrogen-bond acceptors (Lipinski definition) is 8. The molecule has 5 rings (SSSR count). The van der Waals surface area contributed by atoms with Crippen molar-refractivity contribution in [1.82, 2.24) is 36.6 Å². The smallest absolute Gasteiger partial charge is 0.289 e. The number of rotatable bonds is 15. The van der Waals surface area contributed by atoms with E-state index < -0.39 is 29.7 Å². The molecule has 55 heavy (non-hydrogen) atoms. The van der Waals surface area contributed by atoms with E-state index in [0.717, 1.165) is 76.5 Å². The fourth-order valence-electron chi connectivity index (χ4n) is 6.97. The summed E-state index contributed by atoms with van der Waals surface area (Å²) in [6.45, 7) is 10.5. The lowest BCUT2D eigenvalue weighted by Gasteiger charge is -2.35. The van der Waals surface area contributed by atoms with Crippen molar-refractivity contribution < 1.29 is 28.8 Å². The van der Waals surface area contributed by atoms with E-state index in [4.69, 9.17) is 0 Å². The van der Waals surface area contributed by atoms with Gasteiger partial charge in [0.25, 0.3) is 11.8 Å². The molecule has 2 aromatic rings. The molecule has 3 fully saturated rings. The first-order valence-corrected chi connectivity index (χ1v) is 20.2. The standard InChI is InChI=1S/C28H37N5O3.C10H16N2O3.C4H10/c1-19-16-22(20-8-4-2-5-9-20)12-13-23(19)32-25(34)18-31-28(36)26(21-10-6-3-7-11-21)33-27(35)24-17-29-14-15-30-24;1-2-3-8(11-6-13)9(14)10(15)12-7-4-5-7;1-4(2)3/h2,4-5,8-9,14-15,17,19,21-23,26H,3,6-7,10-13,16,18H2,1H3,(H,31,36)(H,32,34)(H,33,35);6-8H,2-5H2,1H3,(H,11,13)(H,12,15);4H,1-3H3/t19-,22-,23+,26?;;/m1../s1. The van der Waals surface area contributed by atoms with E-state index in [0.29, 0.717) is 24.7 Å². The minimum atomic E-state index is -0.701. The van der Waals surface area contributed by atoms with Crippen LogP contribution in [0.4, 0.5) is 0 Å². The second-order valence-electron chi connectivity index (χ2n) is 15.7. The fourth-order valence-corrected chi connectivity index (χ4v) is 6.97. The Hall–Kier alpha value is -4.68. The fraction of sp³-hybridized carbons (Fsp3) is 0.619. The van der Waals surface area contributed by atoms with Gasteiger partial charge >= 0.3 is 0 Å². The van der Waals surface area contributed by atoms with Crippen LogP contribution in [0.5, 0.6) is 0 Å². The molecule has 0 aliphatic heterocycles. The highest BCUT2D eigenvalue weighted by atomic mass is 16.2. The quantitative estimate of drug-likeness (QED) is 0.127. The third-order valence-electron chi connectivity index (χ3n) is 10.00. The number of benzene rings is 1. The van der Waals surface area contributed by atoms with Gasteiger partial charge in [-0.05, 0) is 80.6 Å². The summed E-state index contributed by atoms with van der Waals surface area (Å²) in [4.78, 5) is 79.7. The molecule has 0 bridgehead atoms. The van der Waals surface area contributed by atoms with Crippen LogP contribution in [0.25, 0.3) is 0 Å². The molecule has 0 radical (unpaired) electrons. The zero-order valence-corrected chi connectivity index (χ0v) is 33.4. The predicted molar refractivity (Wildman–Crippen MR) is 212 cm³/mol. The molecule has 5 N–H and O–H groups in total. The molecule has 1 aromatic heterocycles. The SMILES string of the molecule is CC(C)C.CCCC(NC=O)C(=O)C(=O)NC1CC1.C[C@@H]1C[C@H](c2ccccc2)CC[C@@H]1NC(=O)CNC(=O)C(NC(=O)c1cnccn1)C1CCCCC1. The van der Waals surface area contributed by atoms with E-state index in [-0.39, 0.29) is 42.1 Å². The van der Waals surface area contributed by atoms with Gasteiger partial charge in [-0.2, -0.15) is 0 Å². The molecule has 13 heteroatoms. The molecule has 1 heterocycles. The number of carbonyl (C=O) groups excluding carboxylic acids is 6. The average molecular weight is 762 g/mol. The summed E-state index contributed by atoms with van der Waals surface area (Å²) >= 11 is 0. The first-order chi connectivity index (χ1) is 26.4. The van der Waals surface area contributed by atoms with Gasteiger partial charge in [-0.25, -0.2) is 4.98 Å².